The molecule has 0 amide bonds. The van der Waals surface area contributed by atoms with Crippen LogP contribution in [0, 0.1) is 0 Å². The third-order valence-electron chi connectivity index (χ3n) is 1.81. The van der Waals surface area contributed by atoms with Crippen LogP contribution in [0.25, 0.3) is 5.69 Å². The topological polar surface area (TPSA) is 55.6 Å². The summed E-state index contributed by atoms with van der Waals surface area (Å²) in [6, 6.07) is 9.77. The maximum absolute atomic E-state index is 3.90. The normalized spacial score (nSPS) is 10.1. The van der Waals surface area contributed by atoms with E-state index in [0.717, 1.165) is 12.2 Å². The van der Waals surface area contributed by atoms with Gasteiger partial charge >= 0.3 is 0 Å². The summed E-state index contributed by atoms with van der Waals surface area (Å²) in [6.07, 6.45) is 0. The third-order valence-corrected chi connectivity index (χ3v) is 1.81. The summed E-state index contributed by atoms with van der Waals surface area (Å²) >= 11 is 0. The maximum Gasteiger partial charge on any atom is 0.247 e. The molecule has 1 N–H and O–H groups in total. The number of hydrogen-bond acceptors (Lipinski definition) is 4. The van der Waals surface area contributed by atoms with Gasteiger partial charge in [-0.1, -0.05) is 23.3 Å². The second-order valence-corrected chi connectivity index (χ2v) is 2.78. The Morgan fingerprint density at radius 1 is 1.29 bits per heavy atom. The molecule has 2 rings (SSSR count). The molecule has 1 aromatic carbocycles. The van der Waals surface area contributed by atoms with Gasteiger partial charge in [0.1, 0.15) is 0 Å². The molecule has 0 atom stereocenters. The number of aromatic nitrogens is 4. The minimum absolute atomic E-state index is 0.665. The van der Waals surface area contributed by atoms with Crippen LogP contribution in [0.1, 0.15) is 6.92 Å². The molecule has 1 heterocycles. The van der Waals surface area contributed by atoms with E-state index in [1.165, 1.54) is 0 Å². The van der Waals surface area contributed by atoms with Crippen molar-refractivity contribution >= 4 is 5.95 Å². The molecule has 0 aliphatic carbocycles. The van der Waals surface area contributed by atoms with E-state index in [4.69, 9.17) is 0 Å². The van der Waals surface area contributed by atoms with E-state index in [-0.39, 0.29) is 0 Å². The Hall–Kier alpha value is -1.91. The molecule has 0 unspecified atom stereocenters. The number of nitrogens with one attached hydrogen (secondary N) is 1. The summed E-state index contributed by atoms with van der Waals surface area (Å²) in [4.78, 5) is 0. The molecule has 0 bridgehead atoms. The molecule has 0 aliphatic rings. The molecule has 2 aromatic rings. The average molecular weight is 189 g/mol. The number of rotatable bonds is 3. The van der Waals surface area contributed by atoms with E-state index in [2.05, 4.69) is 20.8 Å². The highest BCUT2D eigenvalue weighted by molar-refractivity contribution is 5.37. The maximum atomic E-state index is 3.90. The Kier molecular flexibility index (Phi) is 2.40. The van der Waals surface area contributed by atoms with Crippen molar-refractivity contribution in [3.8, 4) is 5.69 Å². The van der Waals surface area contributed by atoms with Crippen molar-refractivity contribution in [2.75, 3.05) is 11.9 Å². The Bertz CT molecular complexity index is 395. The minimum Gasteiger partial charge on any atom is -0.353 e. The Morgan fingerprint density at radius 3 is 2.79 bits per heavy atom. The number of benzene rings is 1. The quantitative estimate of drug-likeness (QED) is 0.785. The SMILES string of the molecule is CCNc1nnnn1-c1ccccc1. The van der Waals surface area contributed by atoms with Crippen molar-refractivity contribution < 1.29 is 0 Å². The van der Waals surface area contributed by atoms with Crippen LogP contribution in [0.3, 0.4) is 0 Å². The first kappa shape index (κ1) is 8.68. The number of anilines is 1. The lowest BCUT2D eigenvalue weighted by Gasteiger charge is -2.03. The molecule has 0 fully saturated rings. The van der Waals surface area contributed by atoms with Crippen molar-refractivity contribution in [3.63, 3.8) is 0 Å². The van der Waals surface area contributed by atoms with Gasteiger partial charge in [-0.2, -0.15) is 4.68 Å². The van der Waals surface area contributed by atoms with E-state index in [1.54, 1.807) is 4.68 Å². The van der Waals surface area contributed by atoms with Crippen molar-refractivity contribution in [1.82, 2.24) is 20.2 Å². The smallest absolute Gasteiger partial charge is 0.247 e. The fourth-order valence-electron chi connectivity index (χ4n) is 1.20. The van der Waals surface area contributed by atoms with Crippen LogP contribution < -0.4 is 5.32 Å². The van der Waals surface area contributed by atoms with Gasteiger partial charge in [0.2, 0.25) is 5.95 Å². The van der Waals surface area contributed by atoms with E-state index < -0.39 is 0 Å². The van der Waals surface area contributed by atoms with Crippen molar-refractivity contribution in [1.29, 1.82) is 0 Å². The highest BCUT2D eigenvalue weighted by Crippen LogP contribution is 2.09. The van der Waals surface area contributed by atoms with E-state index >= 15 is 0 Å². The van der Waals surface area contributed by atoms with Gasteiger partial charge in [0, 0.05) is 6.54 Å². The lowest BCUT2D eigenvalue weighted by molar-refractivity contribution is 0.790. The molecule has 5 nitrogen and oxygen atoms in total. The van der Waals surface area contributed by atoms with Crippen LogP contribution >= 0.6 is 0 Å². The van der Waals surface area contributed by atoms with Gasteiger partial charge < -0.3 is 5.32 Å². The van der Waals surface area contributed by atoms with Crippen LogP contribution in [0.4, 0.5) is 5.95 Å². The van der Waals surface area contributed by atoms with Gasteiger partial charge in [0.25, 0.3) is 0 Å². The first-order valence-corrected chi connectivity index (χ1v) is 4.49. The standard InChI is InChI=1S/C9H11N5/c1-2-10-9-11-12-13-14(9)8-6-4-3-5-7-8/h3-7H,2H2,1H3,(H,10,11,13). The lowest BCUT2D eigenvalue weighted by atomic mass is 10.3. The molecule has 1 aromatic heterocycles. The Balaban J connectivity index is 2.37. The monoisotopic (exact) mass is 189 g/mol. The Labute approximate surface area is 81.8 Å². The van der Waals surface area contributed by atoms with Gasteiger partial charge in [-0.15, -0.1) is 0 Å². The first-order chi connectivity index (χ1) is 6.92. The largest absolute Gasteiger partial charge is 0.353 e. The fourth-order valence-corrected chi connectivity index (χ4v) is 1.20. The fraction of sp³-hybridized carbons (Fsp3) is 0.222. The predicted molar refractivity (Wildman–Crippen MR) is 53.3 cm³/mol. The van der Waals surface area contributed by atoms with Crippen LogP contribution in [-0.2, 0) is 0 Å². The van der Waals surface area contributed by atoms with Gasteiger partial charge in [0.05, 0.1) is 5.69 Å². The van der Waals surface area contributed by atoms with Crippen LogP contribution in [0.15, 0.2) is 30.3 Å². The molecular formula is C9H11N5. The summed E-state index contributed by atoms with van der Waals surface area (Å²) in [7, 11) is 0. The summed E-state index contributed by atoms with van der Waals surface area (Å²) in [5, 5.41) is 14.5. The highest BCUT2D eigenvalue weighted by Gasteiger charge is 2.04. The summed E-state index contributed by atoms with van der Waals surface area (Å²) in [5.41, 5.74) is 0.952. The van der Waals surface area contributed by atoms with Crippen molar-refractivity contribution in [2.45, 2.75) is 6.92 Å². The van der Waals surface area contributed by atoms with Gasteiger partial charge in [-0.05, 0) is 29.5 Å². The number of para-hydroxylation sites is 1. The zero-order valence-electron chi connectivity index (χ0n) is 7.88. The van der Waals surface area contributed by atoms with Crippen molar-refractivity contribution in [2.24, 2.45) is 0 Å². The van der Waals surface area contributed by atoms with Gasteiger partial charge in [-0.25, -0.2) is 0 Å². The number of nitrogens with zero attached hydrogens (tertiary/aromatic N) is 4. The predicted octanol–water partition coefficient (Wildman–Crippen LogP) is 1.09. The van der Waals surface area contributed by atoms with E-state index in [1.807, 2.05) is 37.3 Å². The zero-order chi connectivity index (χ0) is 9.80. The molecule has 5 heteroatoms. The summed E-state index contributed by atoms with van der Waals surface area (Å²) in [6.45, 7) is 2.80. The van der Waals surface area contributed by atoms with Gasteiger partial charge in [0.15, 0.2) is 0 Å². The van der Waals surface area contributed by atoms with E-state index in [9.17, 15) is 0 Å². The first-order valence-electron chi connectivity index (χ1n) is 4.49. The molecule has 0 spiro atoms. The van der Waals surface area contributed by atoms with E-state index in [0.29, 0.717) is 5.95 Å². The average Bonchev–Trinajstić information content (AvgIpc) is 2.68. The van der Waals surface area contributed by atoms with Crippen molar-refractivity contribution in [3.05, 3.63) is 30.3 Å². The summed E-state index contributed by atoms with van der Waals surface area (Å²) < 4.78 is 1.67. The zero-order valence-corrected chi connectivity index (χ0v) is 7.88. The number of hydrogen-bond donors (Lipinski definition) is 1. The highest BCUT2D eigenvalue weighted by atomic mass is 15.6. The third kappa shape index (κ3) is 1.56. The second kappa shape index (κ2) is 3.87. The van der Waals surface area contributed by atoms with Crippen LogP contribution in [-0.4, -0.2) is 26.8 Å². The Morgan fingerprint density at radius 2 is 2.07 bits per heavy atom. The molecule has 0 saturated carbocycles. The van der Waals surface area contributed by atoms with Crippen LogP contribution in [0.5, 0.6) is 0 Å². The molecule has 0 aliphatic heterocycles. The lowest BCUT2D eigenvalue weighted by Crippen LogP contribution is -2.06. The minimum atomic E-state index is 0.665. The molecule has 0 radical (unpaired) electrons. The van der Waals surface area contributed by atoms with Gasteiger partial charge in [-0.3, -0.25) is 0 Å². The molecule has 72 valence electrons. The van der Waals surface area contributed by atoms with Crippen LogP contribution in [0.2, 0.25) is 0 Å². The summed E-state index contributed by atoms with van der Waals surface area (Å²) in [5.74, 6) is 0.665. The second-order valence-electron chi connectivity index (χ2n) is 2.78. The molecule has 14 heavy (non-hydrogen) atoms. The molecular weight excluding hydrogens is 178 g/mol. The molecule has 0 saturated heterocycles. The number of tetrazole rings is 1.